The normalized spacial score (nSPS) is 11.4. The van der Waals surface area contributed by atoms with Gasteiger partial charge in [-0.05, 0) is 6.42 Å². The third kappa shape index (κ3) is 4.37. The molecule has 18 heavy (non-hydrogen) atoms. The van der Waals surface area contributed by atoms with E-state index in [-0.39, 0.29) is 17.9 Å². The van der Waals surface area contributed by atoms with Gasteiger partial charge < -0.3 is 4.74 Å². The van der Waals surface area contributed by atoms with Crippen molar-refractivity contribution in [2.45, 2.75) is 32.1 Å². The highest BCUT2D eigenvalue weighted by Crippen LogP contribution is 2.22. The third-order valence-corrected chi connectivity index (χ3v) is 5.23. The molecule has 0 aromatic carbocycles. The maximum atomic E-state index is 11.7. The second-order valence-corrected chi connectivity index (χ2v) is 7.19. The summed E-state index contributed by atoms with van der Waals surface area (Å²) < 4.78 is 28.4. The second kappa shape index (κ2) is 6.83. The highest BCUT2D eigenvalue weighted by Gasteiger charge is 2.17. The third-order valence-electron chi connectivity index (χ3n) is 2.20. The van der Waals surface area contributed by atoms with Gasteiger partial charge in [0, 0.05) is 12.0 Å². The summed E-state index contributed by atoms with van der Waals surface area (Å²) in [6.07, 6.45) is 0.841. The topological polar surface area (TPSA) is 80.1 Å². The maximum Gasteiger partial charge on any atom is 0.156 e. The molecule has 0 saturated carbocycles. The van der Waals surface area contributed by atoms with E-state index in [9.17, 15) is 8.42 Å². The van der Waals surface area contributed by atoms with Crippen LogP contribution in [0, 0.1) is 11.3 Å². The van der Waals surface area contributed by atoms with Gasteiger partial charge >= 0.3 is 0 Å². The van der Waals surface area contributed by atoms with Crippen LogP contribution in [0.4, 0.5) is 0 Å². The van der Waals surface area contributed by atoms with Gasteiger partial charge in [-0.2, -0.15) is 5.26 Å². The summed E-state index contributed by atoms with van der Waals surface area (Å²) in [4.78, 5) is 5.04. The molecule has 0 spiro atoms. The summed E-state index contributed by atoms with van der Waals surface area (Å²) >= 11 is 1.28. The molecule has 0 atom stereocenters. The summed E-state index contributed by atoms with van der Waals surface area (Å²) in [6, 6.07) is 2.05. The number of ether oxygens (including phenoxy) is 1. The molecule has 0 radical (unpaired) electrons. The minimum absolute atomic E-state index is 0.0480. The van der Waals surface area contributed by atoms with Crippen molar-refractivity contribution in [1.82, 2.24) is 4.98 Å². The Morgan fingerprint density at radius 3 is 2.78 bits per heavy atom. The summed E-state index contributed by atoms with van der Waals surface area (Å²) in [5.74, 6) is 0.118. The molecule has 0 fully saturated rings. The molecule has 0 aliphatic carbocycles. The van der Waals surface area contributed by atoms with Gasteiger partial charge in [0.15, 0.2) is 9.84 Å². The van der Waals surface area contributed by atoms with Crippen LogP contribution in [0.3, 0.4) is 0 Å². The van der Waals surface area contributed by atoms with Crippen LogP contribution in [0.15, 0.2) is 0 Å². The Balaban J connectivity index is 2.91. The largest absolute Gasteiger partial charge is 0.378 e. The molecule has 1 heterocycles. The number of nitriles is 1. The summed E-state index contributed by atoms with van der Waals surface area (Å²) in [7, 11) is -1.55. The Hall–Kier alpha value is -0.970. The van der Waals surface area contributed by atoms with Crippen molar-refractivity contribution in [3.05, 3.63) is 15.6 Å². The Labute approximate surface area is 111 Å². The van der Waals surface area contributed by atoms with Gasteiger partial charge in [-0.25, -0.2) is 13.4 Å². The minimum Gasteiger partial charge on any atom is -0.378 e. The lowest BCUT2D eigenvalue weighted by Crippen LogP contribution is -2.08. The van der Waals surface area contributed by atoms with Crippen LogP contribution < -0.4 is 0 Å². The van der Waals surface area contributed by atoms with Gasteiger partial charge in [-0.15, -0.1) is 11.3 Å². The second-order valence-electron chi connectivity index (χ2n) is 3.84. The van der Waals surface area contributed by atoms with Gasteiger partial charge in [0.05, 0.1) is 30.5 Å². The lowest BCUT2D eigenvalue weighted by molar-refractivity contribution is 0.181. The predicted molar refractivity (Wildman–Crippen MR) is 69.9 cm³/mol. The van der Waals surface area contributed by atoms with Gasteiger partial charge in [0.2, 0.25) is 0 Å². The van der Waals surface area contributed by atoms with Crippen LogP contribution in [0.25, 0.3) is 0 Å². The number of thiazole rings is 1. The van der Waals surface area contributed by atoms with Crippen molar-refractivity contribution in [2.24, 2.45) is 0 Å². The van der Waals surface area contributed by atoms with Crippen LogP contribution >= 0.6 is 11.3 Å². The molecular formula is C11H16N2O3S2. The fraction of sp³-hybridized carbons (Fsp3) is 0.636. The van der Waals surface area contributed by atoms with Gasteiger partial charge in [0.1, 0.15) is 10.8 Å². The van der Waals surface area contributed by atoms with E-state index in [2.05, 4.69) is 4.98 Å². The quantitative estimate of drug-likeness (QED) is 0.762. The number of nitrogens with zero attached hydrogens (tertiary/aromatic N) is 2. The van der Waals surface area contributed by atoms with Crippen molar-refractivity contribution in [3.8, 4) is 6.07 Å². The molecule has 0 bridgehead atoms. The highest BCUT2D eigenvalue weighted by atomic mass is 32.2. The Morgan fingerprint density at radius 1 is 1.50 bits per heavy atom. The number of hydrogen-bond donors (Lipinski definition) is 0. The van der Waals surface area contributed by atoms with E-state index in [1.165, 1.54) is 11.3 Å². The fourth-order valence-corrected chi connectivity index (χ4v) is 4.31. The number of aromatic nitrogens is 1. The van der Waals surface area contributed by atoms with E-state index in [0.29, 0.717) is 23.7 Å². The first-order chi connectivity index (χ1) is 8.52. The van der Waals surface area contributed by atoms with E-state index in [1.54, 1.807) is 7.11 Å². The lowest BCUT2D eigenvalue weighted by atomic mass is 10.3. The van der Waals surface area contributed by atoms with Crippen LogP contribution in [0.1, 0.15) is 28.9 Å². The average Bonchev–Trinajstić information content (AvgIpc) is 2.60. The Bertz CT molecular complexity index is 529. The first-order valence-electron chi connectivity index (χ1n) is 5.56. The van der Waals surface area contributed by atoms with Crippen molar-refractivity contribution in [2.75, 3.05) is 12.9 Å². The van der Waals surface area contributed by atoms with Crippen LogP contribution in [0.2, 0.25) is 0 Å². The van der Waals surface area contributed by atoms with E-state index in [4.69, 9.17) is 10.00 Å². The summed E-state index contributed by atoms with van der Waals surface area (Å²) in [6.45, 7) is 2.14. The molecule has 0 unspecified atom stereocenters. The van der Waals surface area contributed by atoms with Crippen LogP contribution in [-0.2, 0) is 33.4 Å². The molecule has 0 N–H and O–H groups in total. The zero-order valence-corrected chi connectivity index (χ0v) is 12.1. The molecule has 0 aliphatic rings. The highest BCUT2D eigenvalue weighted by molar-refractivity contribution is 7.90. The minimum atomic E-state index is -3.09. The smallest absolute Gasteiger partial charge is 0.156 e. The standard InChI is InChI=1S/C11H16N2O3S2/c1-3-6-18(14,15)8-11-13-9(7-16-2)10(17-11)4-5-12/h3-4,6-8H2,1-2H3. The molecular weight excluding hydrogens is 272 g/mol. The number of hydrogen-bond acceptors (Lipinski definition) is 6. The Kier molecular flexibility index (Phi) is 5.72. The van der Waals surface area contributed by atoms with E-state index in [0.717, 1.165) is 4.88 Å². The van der Waals surface area contributed by atoms with Gasteiger partial charge in [-0.3, -0.25) is 0 Å². The first-order valence-corrected chi connectivity index (χ1v) is 8.20. The molecule has 1 aromatic heterocycles. The summed E-state index contributed by atoms with van der Waals surface area (Å²) in [5.41, 5.74) is 0.672. The van der Waals surface area contributed by atoms with Crippen molar-refractivity contribution in [3.63, 3.8) is 0 Å². The molecule has 0 saturated heterocycles. The van der Waals surface area contributed by atoms with E-state index >= 15 is 0 Å². The zero-order valence-electron chi connectivity index (χ0n) is 10.5. The molecule has 1 rings (SSSR count). The van der Waals surface area contributed by atoms with Gasteiger partial charge in [-0.1, -0.05) is 6.92 Å². The van der Waals surface area contributed by atoms with E-state index < -0.39 is 9.84 Å². The first kappa shape index (κ1) is 15.1. The van der Waals surface area contributed by atoms with Crippen molar-refractivity contribution >= 4 is 21.2 Å². The molecule has 0 amide bonds. The maximum absolute atomic E-state index is 11.7. The average molecular weight is 288 g/mol. The summed E-state index contributed by atoms with van der Waals surface area (Å²) in [5, 5.41) is 9.25. The number of rotatable bonds is 7. The zero-order chi connectivity index (χ0) is 13.6. The van der Waals surface area contributed by atoms with Gasteiger partial charge in [0.25, 0.3) is 0 Å². The monoisotopic (exact) mass is 288 g/mol. The molecule has 100 valence electrons. The molecule has 0 aliphatic heterocycles. The van der Waals surface area contributed by atoms with Crippen LogP contribution in [-0.4, -0.2) is 26.3 Å². The van der Waals surface area contributed by atoms with Crippen molar-refractivity contribution < 1.29 is 13.2 Å². The molecule has 1 aromatic rings. The van der Waals surface area contributed by atoms with Crippen LogP contribution in [0.5, 0.6) is 0 Å². The molecule has 5 nitrogen and oxygen atoms in total. The lowest BCUT2D eigenvalue weighted by Gasteiger charge is -1.98. The Morgan fingerprint density at radius 2 is 2.22 bits per heavy atom. The fourth-order valence-electron chi connectivity index (χ4n) is 1.53. The van der Waals surface area contributed by atoms with Crippen molar-refractivity contribution in [1.29, 1.82) is 5.26 Å². The molecule has 7 heteroatoms. The number of methoxy groups -OCH3 is 1. The SMILES string of the molecule is CCCS(=O)(=O)Cc1nc(COC)c(CC#N)s1. The van der Waals surface area contributed by atoms with E-state index in [1.807, 2.05) is 13.0 Å². The predicted octanol–water partition coefficient (Wildman–Crippen LogP) is 1.68. The number of sulfone groups is 1.